The molecule has 3 nitrogen and oxygen atoms in total. The van der Waals surface area contributed by atoms with Gasteiger partial charge in [0.2, 0.25) is 0 Å². The van der Waals surface area contributed by atoms with Crippen LogP contribution < -0.4 is 15.2 Å². The molecule has 18 heavy (non-hydrogen) atoms. The molecule has 0 bridgehead atoms. The number of rotatable bonds is 7. The van der Waals surface area contributed by atoms with Gasteiger partial charge in [0.15, 0.2) is 11.5 Å². The minimum atomic E-state index is -2.85. The van der Waals surface area contributed by atoms with Crippen LogP contribution >= 0.6 is 0 Å². The first-order valence-electron chi connectivity index (χ1n) is 5.99. The van der Waals surface area contributed by atoms with E-state index in [4.69, 9.17) is 10.5 Å². The van der Waals surface area contributed by atoms with Crippen molar-refractivity contribution in [1.82, 2.24) is 0 Å². The number of nitrogens with two attached hydrogens (primary N) is 1. The van der Waals surface area contributed by atoms with Crippen molar-refractivity contribution in [2.45, 2.75) is 39.3 Å². The highest BCUT2D eigenvalue weighted by atomic mass is 19.3. The van der Waals surface area contributed by atoms with Gasteiger partial charge in [-0.1, -0.05) is 6.07 Å². The van der Waals surface area contributed by atoms with E-state index in [2.05, 4.69) is 4.74 Å². The molecule has 1 aromatic rings. The molecule has 0 fully saturated rings. The molecule has 0 heterocycles. The first-order valence-corrected chi connectivity index (χ1v) is 5.99. The largest absolute Gasteiger partial charge is 0.490 e. The molecule has 1 rings (SSSR count). The van der Waals surface area contributed by atoms with E-state index in [1.807, 2.05) is 6.92 Å². The highest BCUT2D eigenvalue weighted by molar-refractivity contribution is 5.43. The lowest BCUT2D eigenvalue weighted by Gasteiger charge is -2.13. The molecule has 1 atom stereocenters. The first kappa shape index (κ1) is 14.7. The Balaban J connectivity index is 2.81. The normalized spacial score (nSPS) is 12.6. The summed E-state index contributed by atoms with van der Waals surface area (Å²) in [7, 11) is 0. The zero-order chi connectivity index (χ0) is 13.5. The van der Waals surface area contributed by atoms with Gasteiger partial charge in [0.1, 0.15) is 0 Å². The van der Waals surface area contributed by atoms with Crippen LogP contribution in [0.25, 0.3) is 0 Å². The second-order valence-corrected chi connectivity index (χ2v) is 4.11. The van der Waals surface area contributed by atoms with Crippen LogP contribution in [-0.4, -0.2) is 19.3 Å². The van der Waals surface area contributed by atoms with Crippen LogP contribution in [0.15, 0.2) is 18.2 Å². The molecule has 0 aliphatic carbocycles. The molecular weight excluding hydrogens is 240 g/mol. The van der Waals surface area contributed by atoms with Gasteiger partial charge in [-0.2, -0.15) is 8.78 Å². The summed E-state index contributed by atoms with van der Waals surface area (Å²) in [5.41, 5.74) is 6.68. The third-order valence-electron chi connectivity index (χ3n) is 2.41. The van der Waals surface area contributed by atoms with Crippen LogP contribution in [0.5, 0.6) is 11.5 Å². The van der Waals surface area contributed by atoms with Crippen molar-refractivity contribution in [1.29, 1.82) is 0 Å². The van der Waals surface area contributed by atoms with E-state index >= 15 is 0 Å². The van der Waals surface area contributed by atoms with Gasteiger partial charge in [0.25, 0.3) is 0 Å². The van der Waals surface area contributed by atoms with Gasteiger partial charge in [-0.25, -0.2) is 0 Å². The van der Waals surface area contributed by atoms with Crippen LogP contribution in [0.1, 0.15) is 25.8 Å². The summed E-state index contributed by atoms with van der Waals surface area (Å²) in [6, 6.07) is 5.09. The van der Waals surface area contributed by atoms with Crippen LogP contribution in [0, 0.1) is 0 Å². The van der Waals surface area contributed by atoms with Gasteiger partial charge in [-0.3, -0.25) is 0 Å². The average molecular weight is 259 g/mol. The molecule has 0 spiro atoms. The van der Waals surface area contributed by atoms with Gasteiger partial charge in [0.05, 0.1) is 6.61 Å². The second-order valence-electron chi connectivity index (χ2n) is 4.11. The highest BCUT2D eigenvalue weighted by Crippen LogP contribution is 2.30. The molecule has 0 amide bonds. The quantitative estimate of drug-likeness (QED) is 0.818. The monoisotopic (exact) mass is 259 g/mol. The van der Waals surface area contributed by atoms with Crippen LogP contribution in [0.4, 0.5) is 8.78 Å². The standard InChI is InChI=1S/C13H19F2NO2/c1-3-17-12-8-10(5-4-9(2)16)6-7-11(12)18-13(14)15/h6-9,13H,3-5,16H2,1-2H3. The predicted octanol–water partition coefficient (Wildman–Crippen LogP) is 2.97. The van der Waals surface area contributed by atoms with E-state index in [0.717, 1.165) is 18.4 Å². The molecule has 0 saturated carbocycles. The van der Waals surface area contributed by atoms with E-state index in [-0.39, 0.29) is 11.8 Å². The highest BCUT2D eigenvalue weighted by Gasteiger charge is 2.11. The molecule has 0 radical (unpaired) electrons. The van der Waals surface area contributed by atoms with E-state index < -0.39 is 6.61 Å². The number of ether oxygens (including phenoxy) is 2. The van der Waals surface area contributed by atoms with Crippen molar-refractivity contribution in [2.75, 3.05) is 6.61 Å². The maximum Gasteiger partial charge on any atom is 0.387 e. The maximum absolute atomic E-state index is 12.2. The molecule has 0 aliphatic rings. The number of benzene rings is 1. The molecule has 1 unspecified atom stereocenters. The molecular formula is C13H19F2NO2. The minimum Gasteiger partial charge on any atom is -0.490 e. The zero-order valence-corrected chi connectivity index (χ0v) is 10.7. The van der Waals surface area contributed by atoms with Gasteiger partial charge in [-0.05, 0) is 44.4 Å². The lowest BCUT2D eigenvalue weighted by Crippen LogP contribution is -2.15. The maximum atomic E-state index is 12.2. The van der Waals surface area contributed by atoms with Crippen LogP contribution in [0.2, 0.25) is 0 Å². The zero-order valence-electron chi connectivity index (χ0n) is 10.7. The van der Waals surface area contributed by atoms with E-state index in [1.54, 1.807) is 19.1 Å². The Morgan fingerprint density at radius 2 is 2.00 bits per heavy atom. The Labute approximate surface area is 106 Å². The lowest BCUT2D eigenvalue weighted by molar-refractivity contribution is -0.0514. The summed E-state index contributed by atoms with van der Waals surface area (Å²) in [6.45, 7) is 1.27. The first-order chi connectivity index (χ1) is 8.52. The fourth-order valence-corrected chi connectivity index (χ4v) is 1.56. The number of alkyl halides is 2. The summed E-state index contributed by atoms with van der Waals surface area (Å²) in [6.07, 6.45) is 1.62. The average Bonchev–Trinajstić information content (AvgIpc) is 2.29. The Hall–Kier alpha value is -1.36. The number of halogens is 2. The molecule has 0 aliphatic heterocycles. The topological polar surface area (TPSA) is 44.5 Å². The van der Waals surface area contributed by atoms with E-state index in [0.29, 0.717) is 12.4 Å². The summed E-state index contributed by atoms with van der Waals surface area (Å²) in [5.74, 6) is 0.413. The van der Waals surface area contributed by atoms with Crippen molar-refractivity contribution < 1.29 is 18.3 Å². The molecule has 0 aromatic heterocycles. The third kappa shape index (κ3) is 4.87. The predicted molar refractivity (Wildman–Crippen MR) is 66.2 cm³/mol. The van der Waals surface area contributed by atoms with Crippen molar-refractivity contribution in [3.05, 3.63) is 23.8 Å². The van der Waals surface area contributed by atoms with Crippen LogP contribution in [-0.2, 0) is 6.42 Å². The molecule has 5 heteroatoms. The summed E-state index contributed by atoms with van der Waals surface area (Å²) >= 11 is 0. The Morgan fingerprint density at radius 3 is 2.56 bits per heavy atom. The van der Waals surface area contributed by atoms with Gasteiger partial charge < -0.3 is 15.2 Å². The molecule has 2 N–H and O–H groups in total. The smallest absolute Gasteiger partial charge is 0.387 e. The van der Waals surface area contributed by atoms with E-state index in [9.17, 15) is 8.78 Å². The van der Waals surface area contributed by atoms with Crippen molar-refractivity contribution >= 4 is 0 Å². The summed E-state index contributed by atoms with van der Waals surface area (Å²) in [4.78, 5) is 0. The summed E-state index contributed by atoms with van der Waals surface area (Å²) in [5, 5.41) is 0. The lowest BCUT2D eigenvalue weighted by atomic mass is 10.1. The van der Waals surface area contributed by atoms with Crippen molar-refractivity contribution in [3.63, 3.8) is 0 Å². The fourth-order valence-electron chi connectivity index (χ4n) is 1.56. The summed E-state index contributed by atoms with van der Waals surface area (Å²) < 4.78 is 34.1. The third-order valence-corrected chi connectivity index (χ3v) is 2.41. The Morgan fingerprint density at radius 1 is 1.28 bits per heavy atom. The van der Waals surface area contributed by atoms with Crippen molar-refractivity contribution in [2.24, 2.45) is 5.73 Å². The number of hydrogen-bond donors (Lipinski definition) is 1. The van der Waals surface area contributed by atoms with Crippen molar-refractivity contribution in [3.8, 4) is 11.5 Å². The number of hydrogen-bond acceptors (Lipinski definition) is 3. The number of aryl methyl sites for hydroxylation is 1. The molecule has 0 saturated heterocycles. The fraction of sp³-hybridized carbons (Fsp3) is 0.538. The molecule has 102 valence electrons. The minimum absolute atomic E-state index is 0.0661. The molecule has 1 aromatic carbocycles. The Kier molecular flexibility index (Phi) is 5.85. The SMILES string of the molecule is CCOc1cc(CCC(C)N)ccc1OC(F)F. The van der Waals surface area contributed by atoms with E-state index in [1.165, 1.54) is 6.07 Å². The van der Waals surface area contributed by atoms with Crippen LogP contribution in [0.3, 0.4) is 0 Å². The second kappa shape index (κ2) is 7.16. The van der Waals surface area contributed by atoms with Gasteiger partial charge in [0, 0.05) is 6.04 Å². The van der Waals surface area contributed by atoms with Gasteiger partial charge in [-0.15, -0.1) is 0 Å². The Bertz CT molecular complexity index is 370. The van der Waals surface area contributed by atoms with Gasteiger partial charge >= 0.3 is 6.61 Å².